The fourth-order valence-electron chi connectivity index (χ4n) is 3.28. The minimum absolute atomic E-state index is 0.203. The van der Waals surface area contributed by atoms with Gasteiger partial charge in [-0.2, -0.15) is 10.4 Å². The summed E-state index contributed by atoms with van der Waals surface area (Å²) in [5, 5.41) is 14.2. The van der Waals surface area contributed by atoms with E-state index in [-0.39, 0.29) is 4.75 Å². The topological polar surface area (TPSA) is 41.6 Å². The molecule has 3 nitrogen and oxygen atoms in total. The second-order valence-electron chi connectivity index (χ2n) is 5.81. The summed E-state index contributed by atoms with van der Waals surface area (Å²) in [6.07, 6.45) is 11.7. The number of nitrogens with zero attached hydrogens (tertiary/aromatic N) is 3. The Balaban J connectivity index is 1.69. The molecule has 0 N–H and O–H groups in total. The maximum absolute atomic E-state index is 9.43. The van der Waals surface area contributed by atoms with Crippen LogP contribution in [0.2, 0.25) is 0 Å². The average molecular weight is 275 g/mol. The van der Waals surface area contributed by atoms with Gasteiger partial charge in [0.15, 0.2) is 0 Å². The maximum atomic E-state index is 9.43. The van der Waals surface area contributed by atoms with E-state index in [0.29, 0.717) is 6.04 Å². The van der Waals surface area contributed by atoms with Crippen molar-refractivity contribution in [2.45, 2.75) is 62.2 Å². The van der Waals surface area contributed by atoms with Crippen molar-refractivity contribution in [2.24, 2.45) is 0 Å². The normalized spacial score (nSPS) is 28.4. The van der Waals surface area contributed by atoms with E-state index in [2.05, 4.69) is 23.0 Å². The van der Waals surface area contributed by atoms with Gasteiger partial charge in [0.1, 0.15) is 4.75 Å². The average Bonchev–Trinajstić information content (AvgIpc) is 3.10. The standard InChI is InChI=1S/C15H21N3S/c16-12-15(8-4-10-19-15)11-13-7-9-18(17-13)14-5-2-1-3-6-14/h7,9,14H,1-6,8,10-11H2. The van der Waals surface area contributed by atoms with Crippen LogP contribution in [0, 0.1) is 11.3 Å². The molecule has 1 saturated heterocycles. The van der Waals surface area contributed by atoms with Crippen molar-refractivity contribution >= 4 is 11.8 Å². The predicted octanol–water partition coefficient (Wildman–Crippen LogP) is 3.72. The molecule has 1 saturated carbocycles. The largest absolute Gasteiger partial charge is 0.269 e. The summed E-state index contributed by atoms with van der Waals surface area (Å²) in [6, 6.07) is 5.24. The molecule has 2 fully saturated rings. The molecule has 1 unspecified atom stereocenters. The molecule has 2 aliphatic rings. The van der Waals surface area contributed by atoms with Gasteiger partial charge in [-0.1, -0.05) is 19.3 Å². The Hall–Kier alpha value is -0.950. The first-order chi connectivity index (χ1) is 9.31. The zero-order valence-electron chi connectivity index (χ0n) is 11.3. The number of rotatable bonds is 3. The summed E-state index contributed by atoms with van der Waals surface area (Å²) in [7, 11) is 0. The highest BCUT2D eigenvalue weighted by Gasteiger charge is 2.35. The quantitative estimate of drug-likeness (QED) is 0.844. The van der Waals surface area contributed by atoms with Crippen LogP contribution < -0.4 is 0 Å². The van der Waals surface area contributed by atoms with Gasteiger partial charge >= 0.3 is 0 Å². The Morgan fingerprint density at radius 1 is 1.37 bits per heavy atom. The fourth-order valence-corrected chi connectivity index (χ4v) is 4.56. The number of thioether (sulfide) groups is 1. The smallest absolute Gasteiger partial charge is 0.108 e. The van der Waals surface area contributed by atoms with Crippen LogP contribution in [0.25, 0.3) is 0 Å². The van der Waals surface area contributed by atoms with Crippen LogP contribution in [-0.2, 0) is 6.42 Å². The third-order valence-corrected chi connectivity index (χ3v) is 5.87. The summed E-state index contributed by atoms with van der Waals surface area (Å²) in [4.78, 5) is 0. The van der Waals surface area contributed by atoms with Crippen LogP contribution in [-0.4, -0.2) is 20.3 Å². The van der Waals surface area contributed by atoms with Crippen LogP contribution in [0.5, 0.6) is 0 Å². The lowest BCUT2D eigenvalue weighted by atomic mass is 9.96. The lowest BCUT2D eigenvalue weighted by Crippen LogP contribution is -2.22. The molecular formula is C15H21N3S. The molecule has 0 spiro atoms. The first kappa shape index (κ1) is 13.1. The SMILES string of the molecule is N#CC1(Cc2ccn(C3CCCCC3)n2)CCCS1. The van der Waals surface area contributed by atoms with Gasteiger partial charge in [-0.3, -0.25) is 4.68 Å². The molecule has 1 atom stereocenters. The number of nitriles is 1. The molecule has 0 aromatic carbocycles. The van der Waals surface area contributed by atoms with E-state index >= 15 is 0 Å². The van der Waals surface area contributed by atoms with E-state index < -0.39 is 0 Å². The summed E-state index contributed by atoms with van der Waals surface area (Å²) in [5.41, 5.74) is 1.10. The van der Waals surface area contributed by atoms with Gasteiger partial charge < -0.3 is 0 Å². The van der Waals surface area contributed by atoms with Crippen molar-refractivity contribution in [3.63, 3.8) is 0 Å². The summed E-state index contributed by atoms with van der Waals surface area (Å²) < 4.78 is 1.95. The van der Waals surface area contributed by atoms with Crippen molar-refractivity contribution < 1.29 is 0 Å². The zero-order chi connectivity index (χ0) is 13.1. The molecule has 1 aliphatic carbocycles. The second kappa shape index (κ2) is 5.58. The molecule has 1 aromatic rings. The maximum Gasteiger partial charge on any atom is 0.108 e. The molecule has 4 heteroatoms. The molecule has 0 amide bonds. The molecular weight excluding hydrogens is 254 g/mol. The van der Waals surface area contributed by atoms with E-state index in [1.54, 1.807) is 0 Å². The Bertz CT molecular complexity index is 462. The molecule has 3 rings (SSSR count). The summed E-state index contributed by atoms with van der Waals surface area (Å²) >= 11 is 1.82. The molecule has 2 heterocycles. The lowest BCUT2D eigenvalue weighted by molar-refractivity contribution is 0.328. The molecule has 19 heavy (non-hydrogen) atoms. The second-order valence-corrected chi connectivity index (χ2v) is 7.29. The van der Waals surface area contributed by atoms with Crippen molar-refractivity contribution in [3.8, 4) is 6.07 Å². The monoisotopic (exact) mass is 275 g/mol. The van der Waals surface area contributed by atoms with Crippen LogP contribution in [0.15, 0.2) is 12.3 Å². The Labute approximate surface area is 119 Å². The van der Waals surface area contributed by atoms with E-state index in [0.717, 1.165) is 24.3 Å². The van der Waals surface area contributed by atoms with Gasteiger partial charge in [-0.05, 0) is 37.5 Å². The highest BCUT2D eigenvalue weighted by Crippen LogP contribution is 2.40. The van der Waals surface area contributed by atoms with Crippen molar-refractivity contribution in [1.29, 1.82) is 5.26 Å². The Kier molecular flexibility index (Phi) is 3.83. The molecule has 102 valence electrons. The van der Waals surface area contributed by atoms with E-state index in [1.165, 1.54) is 38.5 Å². The van der Waals surface area contributed by atoms with E-state index in [1.807, 2.05) is 11.8 Å². The van der Waals surface area contributed by atoms with Gasteiger partial charge in [0.25, 0.3) is 0 Å². The van der Waals surface area contributed by atoms with Gasteiger partial charge in [-0.15, -0.1) is 11.8 Å². The summed E-state index contributed by atoms with van der Waals surface area (Å²) in [5.74, 6) is 1.12. The minimum Gasteiger partial charge on any atom is -0.269 e. The van der Waals surface area contributed by atoms with E-state index in [9.17, 15) is 5.26 Å². The van der Waals surface area contributed by atoms with Gasteiger partial charge in [-0.25, -0.2) is 0 Å². The Morgan fingerprint density at radius 2 is 2.21 bits per heavy atom. The first-order valence-electron chi connectivity index (χ1n) is 7.41. The Morgan fingerprint density at radius 3 is 2.89 bits per heavy atom. The van der Waals surface area contributed by atoms with Crippen LogP contribution in [0.4, 0.5) is 0 Å². The molecule has 0 radical (unpaired) electrons. The third kappa shape index (κ3) is 2.81. The van der Waals surface area contributed by atoms with Crippen LogP contribution >= 0.6 is 11.8 Å². The highest BCUT2D eigenvalue weighted by atomic mass is 32.2. The fraction of sp³-hybridized carbons (Fsp3) is 0.733. The first-order valence-corrected chi connectivity index (χ1v) is 8.39. The highest BCUT2D eigenvalue weighted by molar-refractivity contribution is 8.01. The predicted molar refractivity (Wildman–Crippen MR) is 78.1 cm³/mol. The van der Waals surface area contributed by atoms with Crippen LogP contribution in [0.3, 0.4) is 0 Å². The lowest BCUT2D eigenvalue weighted by Gasteiger charge is -2.22. The number of aromatic nitrogens is 2. The van der Waals surface area contributed by atoms with Gasteiger partial charge in [0.05, 0.1) is 17.8 Å². The molecule has 0 bridgehead atoms. The third-order valence-electron chi connectivity index (χ3n) is 4.39. The van der Waals surface area contributed by atoms with Crippen molar-refractivity contribution in [1.82, 2.24) is 9.78 Å². The number of hydrogen-bond acceptors (Lipinski definition) is 3. The van der Waals surface area contributed by atoms with Crippen molar-refractivity contribution in [2.75, 3.05) is 5.75 Å². The van der Waals surface area contributed by atoms with E-state index in [4.69, 9.17) is 5.10 Å². The summed E-state index contributed by atoms with van der Waals surface area (Å²) in [6.45, 7) is 0. The molecule has 1 aromatic heterocycles. The number of hydrogen-bond donors (Lipinski definition) is 0. The van der Waals surface area contributed by atoms with Gasteiger partial charge in [0, 0.05) is 12.6 Å². The van der Waals surface area contributed by atoms with Crippen LogP contribution in [0.1, 0.15) is 56.7 Å². The zero-order valence-corrected chi connectivity index (χ0v) is 12.2. The minimum atomic E-state index is -0.203. The van der Waals surface area contributed by atoms with Gasteiger partial charge in [0.2, 0.25) is 0 Å². The van der Waals surface area contributed by atoms with Crippen molar-refractivity contribution in [3.05, 3.63) is 18.0 Å². The molecule has 1 aliphatic heterocycles.